The number of aliphatic hydroxyl groups is 1. The summed E-state index contributed by atoms with van der Waals surface area (Å²) in [6, 6.07) is 13.4. The molecule has 0 spiro atoms. The highest BCUT2D eigenvalue weighted by molar-refractivity contribution is 6.01. The molecule has 13 heteroatoms. The summed E-state index contributed by atoms with van der Waals surface area (Å²) in [5.41, 5.74) is 1.19. The van der Waals surface area contributed by atoms with E-state index in [4.69, 9.17) is 14.2 Å². The van der Waals surface area contributed by atoms with Gasteiger partial charge in [-0.05, 0) is 42.0 Å². The van der Waals surface area contributed by atoms with E-state index < -0.39 is 23.6 Å². The molecule has 3 N–H and O–H groups in total. The first kappa shape index (κ1) is 31.6. The van der Waals surface area contributed by atoms with Crippen molar-refractivity contribution in [1.29, 1.82) is 0 Å². The minimum Gasteiger partial charge on any atom is -0.493 e. The number of carbonyl (C=O) groups is 2. The highest BCUT2D eigenvalue weighted by Gasteiger charge is 2.18. The van der Waals surface area contributed by atoms with Crippen LogP contribution >= 0.6 is 0 Å². The van der Waals surface area contributed by atoms with Crippen molar-refractivity contribution in [3.8, 4) is 23.0 Å². The smallest absolute Gasteiger partial charge is 0.325 e. The third-order valence-electron chi connectivity index (χ3n) is 7.26. The number of benzene rings is 3. The van der Waals surface area contributed by atoms with Crippen LogP contribution in [0.3, 0.4) is 0 Å². The molecule has 3 aromatic carbocycles. The molecule has 0 aliphatic carbocycles. The molecule has 0 bridgehead atoms. The number of rotatable bonds is 11. The van der Waals surface area contributed by atoms with E-state index in [1.165, 1.54) is 49.7 Å². The average molecular weight is 622 g/mol. The van der Waals surface area contributed by atoms with E-state index >= 15 is 4.39 Å². The van der Waals surface area contributed by atoms with Crippen LogP contribution in [0, 0.1) is 11.6 Å². The zero-order chi connectivity index (χ0) is 31.8. The van der Waals surface area contributed by atoms with Crippen LogP contribution in [0.1, 0.15) is 5.56 Å². The van der Waals surface area contributed by atoms with Gasteiger partial charge in [-0.3, -0.25) is 24.9 Å². The van der Waals surface area contributed by atoms with E-state index in [0.717, 1.165) is 38.8 Å². The van der Waals surface area contributed by atoms with Crippen LogP contribution in [-0.4, -0.2) is 85.0 Å². The van der Waals surface area contributed by atoms with Crippen molar-refractivity contribution in [2.75, 3.05) is 58.5 Å². The Morgan fingerprint density at radius 1 is 0.911 bits per heavy atom. The molecule has 11 nitrogen and oxygen atoms in total. The molecular formula is C32H33F2N5O6. The standard InChI is InChI=1S/C32H33F2N5O6/c1-43-29-18-24-26(19-30(29)44-15-14-38-10-12-39(20-40)13-11-38)35-9-8-27(24)45-28-7-6-23(17-25(28)34)36-32(42)37-31(41)16-21-2-4-22(33)5-3-21/h2-9,17-19,40H,10-16,20H2,1H3,(H2,36,37,41,42). The summed E-state index contributed by atoms with van der Waals surface area (Å²) in [6.45, 7) is 4.52. The molecule has 3 amide bonds. The molecule has 1 aliphatic heterocycles. The Kier molecular flexibility index (Phi) is 10.3. The summed E-state index contributed by atoms with van der Waals surface area (Å²) in [7, 11) is 1.52. The second-order valence-corrected chi connectivity index (χ2v) is 10.3. The molecule has 0 saturated carbocycles. The van der Waals surface area contributed by atoms with Crippen molar-refractivity contribution in [2.45, 2.75) is 6.42 Å². The van der Waals surface area contributed by atoms with Gasteiger partial charge in [0.05, 0.1) is 25.8 Å². The molecule has 1 saturated heterocycles. The molecule has 236 valence electrons. The van der Waals surface area contributed by atoms with Gasteiger partial charge in [-0.1, -0.05) is 12.1 Å². The predicted molar refractivity (Wildman–Crippen MR) is 163 cm³/mol. The Morgan fingerprint density at radius 2 is 1.67 bits per heavy atom. The van der Waals surface area contributed by atoms with Crippen molar-refractivity contribution in [2.24, 2.45) is 0 Å². The van der Waals surface area contributed by atoms with Crippen LogP contribution in [0.25, 0.3) is 10.9 Å². The molecule has 45 heavy (non-hydrogen) atoms. The maximum absolute atomic E-state index is 15.0. The molecule has 1 aromatic heterocycles. The summed E-state index contributed by atoms with van der Waals surface area (Å²) in [6.07, 6.45) is 1.41. The number of nitrogens with zero attached hydrogens (tertiary/aromatic N) is 3. The van der Waals surface area contributed by atoms with Crippen molar-refractivity contribution < 1.29 is 37.7 Å². The largest absolute Gasteiger partial charge is 0.493 e. The van der Waals surface area contributed by atoms with Crippen molar-refractivity contribution in [3.63, 3.8) is 0 Å². The first-order valence-corrected chi connectivity index (χ1v) is 14.3. The Bertz CT molecular complexity index is 1650. The molecule has 5 rings (SSSR count). The maximum Gasteiger partial charge on any atom is 0.325 e. The average Bonchev–Trinajstić information content (AvgIpc) is 3.03. The lowest BCUT2D eigenvalue weighted by Gasteiger charge is -2.33. The number of nitrogens with one attached hydrogen (secondary N) is 2. The zero-order valence-electron chi connectivity index (χ0n) is 24.6. The van der Waals surface area contributed by atoms with Gasteiger partial charge in [0.15, 0.2) is 23.1 Å². The minimum atomic E-state index is -0.843. The molecular weight excluding hydrogens is 588 g/mol. The number of pyridine rings is 1. The summed E-state index contributed by atoms with van der Waals surface area (Å²) in [5.74, 6) is -0.575. The number of ether oxygens (including phenoxy) is 3. The number of fused-ring (bicyclic) bond motifs is 1. The fraction of sp³-hybridized carbons (Fsp3) is 0.281. The van der Waals surface area contributed by atoms with Crippen molar-refractivity contribution in [3.05, 3.63) is 84.1 Å². The number of carbonyl (C=O) groups excluding carboxylic acids is 2. The number of methoxy groups -OCH3 is 1. The van der Waals surface area contributed by atoms with E-state index in [2.05, 4.69) is 20.5 Å². The van der Waals surface area contributed by atoms with Crippen LogP contribution in [0.15, 0.2) is 66.9 Å². The SMILES string of the molecule is COc1cc2c(Oc3ccc(NC(=O)NC(=O)Cc4ccc(F)cc4)cc3F)ccnc2cc1OCCN1CCN(CO)CC1. The Balaban J connectivity index is 1.20. The van der Waals surface area contributed by atoms with Crippen LogP contribution in [-0.2, 0) is 11.2 Å². The van der Waals surface area contributed by atoms with E-state index in [1.54, 1.807) is 18.2 Å². The summed E-state index contributed by atoms with van der Waals surface area (Å²) in [4.78, 5) is 33.1. The molecule has 0 unspecified atom stereocenters. The summed E-state index contributed by atoms with van der Waals surface area (Å²) in [5, 5.41) is 14.4. The predicted octanol–water partition coefficient (Wildman–Crippen LogP) is 4.15. The molecule has 2 heterocycles. The molecule has 0 radical (unpaired) electrons. The lowest BCUT2D eigenvalue weighted by atomic mass is 10.1. The number of halogens is 2. The molecule has 0 atom stereocenters. The fourth-order valence-corrected chi connectivity index (χ4v) is 4.83. The van der Waals surface area contributed by atoms with Crippen molar-refractivity contribution >= 4 is 28.5 Å². The van der Waals surface area contributed by atoms with Crippen LogP contribution in [0.5, 0.6) is 23.0 Å². The van der Waals surface area contributed by atoms with Gasteiger partial charge < -0.3 is 24.6 Å². The number of aliphatic hydroxyl groups excluding tert-OH is 1. The summed E-state index contributed by atoms with van der Waals surface area (Å²) < 4.78 is 45.6. The van der Waals surface area contributed by atoms with Gasteiger partial charge in [0.2, 0.25) is 5.91 Å². The number of hydrogen-bond acceptors (Lipinski definition) is 9. The third-order valence-corrected chi connectivity index (χ3v) is 7.26. The Morgan fingerprint density at radius 3 is 2.38 bits per heavy atom. The summed E-state index contributed by atoms with van der Waals surface area (Å²) >= 11 is 0. The topological polar surface area (TPSA) is 125 Å². The van der Waals surface area contributed by atoms with Gasteiger partial charge in [0.1, 0.15) is 18.2 Å². The van der Waals surface area contributed by atoms with Gasteiger partial charge in [0.25, 0.3) is 0 Å². The number of urea groups is 1. The number of hydrogen-bond donors (Lipinski definition) is 3. The lowest BCUT2D eigenvalue weighted by Crippen LogP contribution is -2.47. The highest BCUT2D eigenvalue weighted by atomic mass is 19.1. The van der Waals surface area contributed by atoms with Gasteiger partial charge in [-0.25, -0.2) is 13.6 Å². The third kappa shape index (κ3) is 8.41. The molecule has 1 fully saturated rings. The second-order valence-electron chi connectivity index (χ2n) is 10.3. The zero-order valence-corrected chi connectivity index (χ0v) is 24.6. The highest BCUT2D eigenvalue weighted by Crippen LogP contribution is 2.37. The number of aromatic nitrogens is 1. The number of piperazine rings is 1. The van der Waals surface area contributed by atoms with E-state index in [0.29, 0.717) is 40.3 Å². The van der Waals surface area contributed by atoms with Crippen LogP contribution < -0.4 is 24.8 Å². The fourth-order valence-electron chi connectivity index (χ4n) is 4.83. The molecule has 1 aliphatic rings. The van der Waals surface area contributed by atoms with Gasteiger partial charge >= 0.3 is 6.03 Å². The van der Waals surface area contributed by atoms with E-state index in [1.807, 2.05) is 4.90 Å². The second kappa shape index (κ2) is 14.8. The monoisotopic (exact) mass is 621 g/mol. The number of anilines is 1. The minimum absolute atomic E-state index is 0.0659. The van der Waals surface area contributed by atoms with Gasteiger partial charge in [-0.15, -0.1) is 0 Å². The lowest BCUT2D eigenvalue weighted by molar-refractivity contribution is -0.119. The van der Waals surface area contributed by atoms with Crippen LogP contribution in [0.2, 0.25) is 0 Å². The first-order chi connectivity index (χ1) is 21.8. The molecule has 4 aromatic rings. The van der Waals surface area contributed by atoms with Crippen molar-refractivity contribution in [1.82, 2.24) is 20.1 Å². The maximum atomic E-state index is 15.0. The Hall–Kier alpha value is -4.85. The normalized spacial score (nSPS) is 13.8. The Labute approximate surface area is 258 Å². The van der Waals surface area contributed by atoms with E-state index in [-0.39, 0.29) is 24.6 Å². The van der Waals surface area contributed by atoms with E-state index in [9.17, 15) is 19.1 Å². The first-order valence-electron chi connectivity index (χ1n) is 14.3. The quantitative estimate of drug-likeness (QED) is 0.227. The number of amides is 3. The van der Waals surface area contributed by atoms with Crippen LogP contribution in [0.4, 0.5) is 19.3 Å². The number of imide groups is 1. The van der Waals surface area contributed by atoms with Gasteiger partial charge in [0, 0.05) is 62.1 Å². The van der Waals surface area contributed by atoms with Gasteiger partial charge in [-0.2, -0.15) is 0 Å².